The molecule has 1 aromatic rings. The van der Waals surface area contributed by atoms with Gasteiger partial charge in [0.2, 0.25) is 5.91 Å². The molecule has 1 heterocycles. The van der Waals surface area contributed by atoms with Crippen molar-refractivity contribution in [1.82, 2.24) is 25.8 Å². The van der Waals surface area contributed by atoms with Crippen LogP contribution in [-0.2, 0) is 11.2 Å². The fraction of sp³-hybridized carbons (Fsp3) is 0.667. The van der Waals surface area contributed by atoms with Gasteiger partial charge in [-0.25, -0.2) is 4.98 Å². The second-order valence-electron chi connectivity index (χ2n) is 3.69. The van der Waals surface area contributed by atoms with Crippen molar-refractivity contribution in [3.8, 4) is 0 Å². The minimum absolute atomic E-state index is 0.0430. The Morgan fingerprint density at radius 1 is 1.60 bits per heavy atom. The van der Waals surface area contributed by atoms with Gasteiger partial charge in [0, 0.05) is 19.0 Å². The van der Waals surface area contributed by atoms with Crippen LogP contribution in [0.5, 0.6) is 0 Å². The summed E-state index contributed by atoms with van der Waals surface area (Å²) >= 11 is 0. The molecular formula is C9H15N5O. The molecule has 6 nitrogen and oxygen atoms in total. The smallest absolute Gasteiger partial charge is 0.233 e. The molecule has 82 valence electrons. The normalized spacial score (nSPS) is 15.2. The van der Waals surface area contributed by atoms with E-state index in [0.29, 0.717) is 25.6 Å². The van der Waals surface area contributed by atoms with Gasteiger partial charge in [0.05, 0.1) is 6.54 Å². The lowest BCUT2D eigenvalue weighted by atomic mass is 10.4. The topological polar surface area (TPSA) is 82.7 Å². The first-order valence-electron chi connectivity index (χ1n) is 5.19. The van der Waals surface area contributed by atoms with Crippen LogP contribution in [0.1, 0.15) is 18.7 Å². The van der Waals surface area contributed by atoms with Crippen molar-refractivity contribution < 1.29 is 4.79 Å². The number of hydrogen-bond donors (Lipinski definition) is 3. The largest absolute Gasteiger partial charge is 0.355 e. The summed E-state index contributed by atoms with van der Waals surface area (Å²) in [6, 6.07) is 0.574. The van der Waals surface area contributed by atoms with E-state index in [1.807, 2.05) is 0 Å². The van der Waals surface area contributed by atoms with Crippen LogP contribution in [-0.4, -0.2) is 40.2 Å². The van der Waals surface area contributed by atoms with Crippen LogP contribution in [0.25, 0.3) is 0 Å². The molecule has 0 saturated heterocycles. The molecule has 0 spiro atoms. The summed E-state index contributed by atoms with van der Waals surface area (Å²) < 4.78 is 0. The number of H-pyrrole nitrogens is 1. The van der Waals surface area contributed by atoms with Gasteiger partial charge in [-0.05, 0) is 12.8 Å². The Morgan fingerprint density at radius 3 is 3.13 bits per heavy atom. The highest BCUT2D eigenvalue weighted by molar-refractivity contribution is 5.78. The number of aromatic nitrogens is 3. The Balaban J connectivity index is 1.54. The molecule has 0 radical (unpaired) electrons. The summed E-state index contributed by atoms with van der Waals surface area (Å²) in [5, 5.41) is 12.4. The van der Waals surface area contributed by atoms with Crippen molar-refractivity contribution in [3.63, 3.8) is 0 Å². The van der Waals surface area contributed by atoms with E-state index in [1.165, 1.54) is 19.2 Å². The van der Waals surface area contributed by atoms with Crippen molar-refractivity contribution in [1.29, 1.82) is 0 Å². The number of nitrogens with zero attached hydrogens (tertiary/aromatic N) is 2. The summed E-state index contributed by atoms with van der Waals surface area (Å²) in [5.74, 6) is 0.840. The van der Waals surface area contributed by atoms with Crippen LogP contribution in [0.4, 0.5) is 0 Å². The standard InChI is InChI=1S/C9H15N5O/c15-9(5-11-7-1-2-7)10-4-3-8-12-6-13-14-8/h6-7,11H,1-5H2,(H,10,15)(H,12,13,14). The van der Waals surface area contributed by atoms with E-state index in [9.17, 15) is 4.79 Å². The third-order valence-corrected chi connectivity index (χ3v) is 2.28. The van der Waals surface area contributed by atoms with Crippen LogP contribution in [0.2, 0.25) is 0 Å². The van der Waals surface area contributed by atoms with E-state index in [2.05, 4.69) is 25.8 Å². The van der Waals surface area contributed by atoms with Gasteiger partial charge in [0.15, 0.2) is 0 Å². The van der Waals surface area contributed by atoms with Crippen LogP contribution in [0.3, 0.4) is 0 Å². The lowest BCUT2D eigenvalue weighted by Gasteiger charge is -2.04. The first-order chi connectivity index (χ1) is 7.34. The van der Waals surface area contributed by atoms with Gasteiger partial charge in [0.25, 0.3) is 0 Å². The highest BCUT2D eigenvalue weighted by Crippen LogP contribution is 2.17. The number of carbonyl (C=O) groups is 1. The number of hydrogen-bond acceptors (Lipinski definition) is 4. The van der Waals surface area contributed by atoms with Crippen LogP contribution in [0, 0.1) is 0 Å². The summed E-state index contributed by atoms with van der Waals surface area (Å²) in [6.45, 7) is 1.02. The van der Waals surface area contributed by atoms with Crippen LogP contribution < -0.4 is 10.6 Å². The number of carbonyl (C=O) groups excluding carboxylic acids is 1. The van der Waals surface area contributed by atoms with E-state index < -0.39 is 0 Å². The number of amides is 1. The summed E-state index contributed by atoms with van der Waals surface area (Å²) in [6.07, 6.45) is 4.55. The molecule has 6 heteroatoms. The molecule has 15 heavy (non-hydrogen) atoms. The van der Waals surface area contributed by atoms with Crippen molar-refractivity contribution in [3.05, 3.63) is 12.2 Å². The quantitative estimate of drug-likeness (QED) is 0.573. The second kappa shape index (κ2) is 4.88. The monoisotopic (exact) mass is 209 g/mol. The molecule has 1 aromatic heterocycles. The fourth-order valence-corrected chi connectivity index (χ4v) is 1.26. The Bertz CT molecular complexity index is 306. The van der Waals surface area contributed by atoms with Gasteiger partial charge in [0.1, 0.15) is 12.2 Å². The molecule has 1 amide bonds. The average molecular weight is 209 g/mol. The highest BCUT2D eigenvalue weighted by Gasteiger charge is 2.20. The average Bonchev–Trinajstić information content (AvgIpc) is 2.92. The lowest BCUT2D eigenvalue weighted by Crippen LogP contribution is -2.35. The van der Waals surface area contributed by atoms with Crippen molar-refractivity contribution in [2.24, 2.45) is 0 Å². The van der Waals surface area contributed by atoms with E-state index in [1.54, 1.807) is 0 Å². The zero-order chi connectivity index (χ0) is 10.5. The predicted octanol–water partition coefficient (Wildman–Crippen LogP) is -0.785. The molecule has 1 saturated carbocycles. The summed E-state index contributed by atoms with van der Waals surface area (Å²) in [4.78, 5) is 15.2. The lowest BCUT2D eigenvalue weighted by molar-refractivity contribution is -0.120. The minimum atomic E-state index is 0.0430. The third-order valence-electron chi connectivity index (χ3n) is 2.28. The van der Waals surface area contributed by atoms with E-state index in [-0.39, 0.29) is 5.91 Å². The van der Waals surface area contributed by atoms with Gasteiger partial charge in [-0.3, -0.25) is 9.89 Å². The minimum Gasteiger partial charge on any atom is -0.355 e. The Hall–Kier alpha value is -1.43. The van der Waals surface area contributed by atoms with Gasteiger partial charge >= 0.3 is 0 Å². The van der Waals surface area contributed by atoms with E-state index in [0.717, 1.165) is 5.82 Å². The van der Waals surface area contributed by atoms with E-state index >= 15 is 0 Å². The van der Waals surface area contributed by atoms with Crippen molar-refractivity contribution in [2.45, 2.75) is 25.3 Å². The first-order valence-corrected chi connectivity index (χ1v) is 5.19. The van der Waals surface area contributed by atoms with E-state index in [4.69, 9.17) is 0 Å². The molecule has 3 N–H and O–H groups in total. The molecule has 0 unspecified atom stereocenters. The summed E-state index contributed by atoms with van der Waals surface area (Å²) in [5.41, 5.74) is 0. The maximum absolute atomic E-state index is 11.3. The molecule has 0 bridgehead atoms. The van der Waals surface area contributed by atoms with Crippen molar-refractivity contribution in [2.75, 3.05) is 13.1 Å². The Labute approximate surface area is 87.9 Å². The Morgan fingerprint density at radius 2 is 2.47 bits per heavy atom. The number of aromatic amines is 1. The van der Waals surface area contributed by atoms with Gasteiger partial charge in [-0.1, -0.05) is 0 Å². The molecule has 0 aromatic carbocycles. The molecule has 0 atom stereocenters. The predicted molar refractivity (Wildman–Crippen MR) is 54.1 cm³/mol. The molecule has 1 fully saturated rings. The second-order valence-corrected chi connectivity index (χ2v) is 3.69. The van der Waals surface area contributed by atoms with Gasteiger partial charge in [-0.2, -0.15) is 5.10 Å². The zero-order valence-electron chi connectivity index (χ0n) is 8.49. The third kappa shape index (κ3) is 3.67. The van der Waals surface area contributed by atoms with Gasteiger partial charge in [-0.15, -0.1) is 0 Å². The molecular weight excluding hydrogens is 194 g/mol. The maximum atomic E-state index is 11.3. The molecule has 1 aliphatic carbocycles. The number of rotatable bonds is 6. The van der Waals surface area contributed by atoms with Crippen LogP contribution >= 0.6 is 0 Å². The summed E-state index contributed by atoms with van der Waals surface area (Å²) in [7, 11) is 0. The number of nitrogens with one attached hydrogen (secondary N) is 3. The zero-order valence-corrected chi connectivity index (χ0v) is 8.49. The molecule has 1 aliphatic rings. The molecule has 2 rings (SSSR count). The highest BCUT2D eigenvalue weighted by atomic mass is 16.1. The SMILES string of the molecule is O=C(CNC1CC1)NCCc1ncn[nH]1. The van der Waals surface area contributed by atoms with Crippen molar-refractivity contribution >= 4 is 5.91 Å². The fourth-order valence-electron chi connectivity index (χ4n) is 1.26. The maximum Gasteiger partial charge on any atom is 0.233 e. The van der Waals surface area contributed by atoms with Crippen LogP contribution in [0.15, 0.2) is 6.33 Å². The Kier molecular flexibility index (Phi) is 3.29. The molecule has 0 aliphatic heterocycles. The first kappa shape index (κ1) is 10.1. The van der Waals surface area contributed by atoms with Gasteiger partial charge < -0.3 is 10.6 Å².